The Hall–Kier alpha value is -2.54. The third-order valence-corrected chi connectivity index (χ3v) is 4.38. The third kappa shape index (κ3) is 5.23. The number of nitriles is 1. The molecule has 2 rings (SSSR count). The van der Waals surface area contributed by atoms with E-state index in [0.29, 0.717) is 5.76 Å². The van der Waals surface area contributed by atoms with Crippen LogP contribution in [-0.4, -0.2) is 21.8 Å². The van der Waals surface area contributed by atoms with Gasteiger partial charge in [0.2, 0.25) is 5.91 Å². The van der Waals surface area contributed by atoms with Gasteiger partial charge in [-0.15, -0.1) is 0 Å². The lowest BCUT2D eigenvalue weighted by Gasteiger charge is -2.21. The molecule has 0 aliphatic carbocycles. The molecule has 0 spiro atoms. The molecule has 144 valence electrons. The van der Waals surface area contributed by atoms with E-state index in [1.54, 1.807) is 33.8 Å². The summed E-state index contributed by atoms with van der Waals surface area (Å²) < 4.78 is 45.0. The molecule has 27 heavy (non-hydrogen) atoms. The molecule has 0 saturated heterocycles. The van der Waals surface area contributed by atoms with Gasteiger partial charge < -0.3 is 9.84 Å². The Kier molecular flexibility index (Phi) is 5.85. The number of nitrogens with one attached hydrogen (secondary N) is 1. The van der Waals surface area contributed by atoms with Crippen molar-refractivity contribution in [1.82, 2.24) is 10.1 Å². The van der Waals surface area contributed by atoms with Crippen LogP contribution in [0.3, 0.4) is 0 Å². The second-order valence-electron chi connectivity index (χ2n) is 6.75. The van der Waals surface area contributed by atoms with Gasteiger partial charge in [-0.2, -0.15) is 18.4 Å². The number of pyridine rings is 1. The van der Waals surface area contributed by atoms with Crippen LogP contribution >= 0.6 is 11.8 Å². The summed E-state index contributed by atoms with van der Waals surface area (Å²) in [6, 6.07) is 3.96. The van der Waals surface area contributed by atoms with E-state index >= 15 is 0 Å². The topological polar surface area (TPSA) is 91.8 Å². The van der Waals surface area contributed by atoms with E-state index in [0.717, 1.165) is 17.8 Å². The minimum absolute atomic E-state index is 0.135. The molecule has 2 heterocycles. The minimum atomic E-state index is -4.70. The highest BCUT2D eigenvalue weighted by Crippen LogP contribution is 2.38. The maximum atomic E-state index is 13.4. The zero-order valence-corrected chi connectivity index (χ0v) is 15.9. The number of nitrogens with zero attached hydrogens (tertiary/aromatic N) is 3. The van der Waals surface area contributed by atoms with E-state index in [1.807, 2.05) is 0 Å². The summed E-state index contributed by atoms with van der Waals surface area (Å²) in [5, 5.41) is 15.2. The van der Waals surface area contributed by atoms with Crippen molar-refractivity contribution in [2.75, 3.05) is 11.1 Å². The summed E-state index contributed by atoms with van der Waals surface area (Å²) in [5.41, 5.74) is -2.13. The molecule has 6 nitrogen and oxygen atoms in total. The van der Waals surface area contributed by atoms with Crippen molar-refractivity contribution in [3.8, 4) is 6.07 Å². The standard InChI is InChI=1S/C17H17F3N4O2S/c1-9-5-13(24-26-9)23-14(25)8-27-15-10(7-21)11(17(18,19)20)6-12(22-15)16(2,3)4/h5-6H,8H2,1-4H3,(H,23,24,25). The van der Waals surface area contributed by atoms with Crippen LogP contribution in [0.4, 0.5) is 19.0 Å². The molecule has 2 aromatic rings. The van der Waals surface area contributed by atoms with Crippen LogP contribution in [0.15, 0.2) is 21.7 Å². The highest BCUT2D eigenvalue weighted by Gasteiger charge is 2.37. The number of halogens is 3. The fraction of sp³-hybridized carbons (Fsp3) is 0.412. The zero-order valence-electron chi connectivity index (χ0n) is 15.1. The molecule has 0 aliphatic heterocycles. The summed E-state index contributed by atoms with van der Waals surface area (Å²) >= 11 is 0.762. The monoisotopic (exact) mass is 398 g/mol. The number of hydrogen-bond acceptors (Lipinski definition) is 6. The van der Waals surface area contributed by atoms with Crippen molar-refractivity contribution in [1.29, 1.82) is 5.26 Å². The fourth-order valence-corrected chi connectivity index (χ4v) is 2.88. The van der Waals surface area contributed by atoms with Crippen LogP contribution in [-0.2, 0) is 16.4 Å². The van der Waals surface area contributed by atoms with Crippen molar-refractivity contribution in [2.24, 2.45) is 0 Å². The van der Waals surface area contributed by atoms with E-state index in [9.17, 15) is 23.2 Å². The molecule has 0 aliphatic rings. The lowest BCUT2D eigenvalue weighted by Crippen LogP contribution is -2.19. The second-order valence-corrected chi connectivity index (χ2v) is 7.72. The van der Waals surface area contributed by atoms with Crippen molar-refractivity contribution in [3.63, 3.8) is 0 Å². The molecule has 0 radical (unpaired) electrons. The Morgan fingerprint density at radius 2 is 2.00 bits per heavy atom. The zero-order chi connectivity index (χ0) is 20.4. The van der Waals surface area contributed by atoms with E-state index in [4.69, 9.17) is 4.52 Å². The van der Waals surface area contributed by atoms with Crippen LogP contribution in [0.25, 0.3) is 0 Å². The van der Waals surface area contributed by atoms with E-state index in [-0.39, 0.29) is 22.3 Å². The molecule has 2 aromatic heterocycles. The number of alkyl halides is 3. The number of rotatable bonds is 4. The van der Waals surface area contributed by atoms with Crippen LogP contribution in [0.1, 0.15) is 43.4 Å². The number of aryl methyl sites for hydroxylation is 1. The first kappa shape index (κ1) is 20.8. The quantitative estimate of drug-likeness (QED) is 0.772. The van der Waals surface area contributed by atoms with Gasteiger partial charge in [0.25, 0.3) is 0 Å². The van der Waals surface area contributed by atoms with Crippen LogP contribution < -0.4 is 5.32 Å². The summed E-state index contributed by atoms with van der Waals surface area (Å²) in [6.45, 7) is 6.80. The summed E-state index contributed by atoms with van der Waals surface area (Å²) in [5.74, 6) is -0.0443. The van der Waals surface area contributed by atoms with Gasteiger partial charge in [0.05, 0.1) is 16.9 Å². The number of carbonyl (C=O) groups excluding carboxylic acids is 1. The molecule has 0 atom stereocenters. The molecule has 1 N–H and O–H groups in total. The third-order valence-electron chi connectivity index (χ3n) is 3.41. The maximum absolute atomic E-state index is 13.4. The predicted octanol–water partition coefficient (Wildman–Crippen LogP) is 4.30. The van der Waals surface area contributed by atoms with Gasteiger partial charge in [0, 0.05) is 17.2 Å². The van der Waals surface area contributed by atoms with Gasteiger partial charge in [-0.05, 0) is 13.0 Å². The van der Waals surface area contributed by atoms with Gasteiger partial charge >= 0.3 is 6.18 Å². The second kappa shape index (κ2) is 7.60. The molecule has 0 aromatic carbocycles. The summed E-state index contributed by atoms with van der Waals surface area (Å²) in [4.78, 5) is 16.2. The van der Waals surface area contributed by atoms with E-state index < -0.39 is 28.6 Å². The van der Waals surface area contributed by atoms with Gasteiger partial charge in [0.1, 0.15) is 16.9 Å². The highest BCUT2D eigenvalue weighted by atomic mass is 32.2. The average Bonchev–Trinajstić information content (AvgIpc) is 2.95. The molecule has 10 heteroatoms. The molecule has 0 fully saturated rings. The molecular formula is C17H17F3N4O2S. The first-order valence-corrected chi connectivity index (χ1v) is 8.79. The number of carbonyl (C=O) groups is 1. The number of aromatic nitrogens is 2. The van der Waals surface area contributed by atoms with Crippen molar-refractivity contribution >= 4 is 23.5 Å². The van der Waals surface area contributed by atoms with Gasteiger partial charge in [-0.25, -0.2) is 4.98 Å². The molecule has 1 amide bonds. The highest BCUT2D eigenvalue weighted by molar-refractivity contribution is 8.00. The molecular weight excluding hydrogens is 381 g/mol. The van der Waals surface area contributed by atoms with Crippen LogP contribution in [0, 0.1) is 18.3 Å². The van der Waals surface area contributed by atoms with E-state index in [2.05, 4.69) is 15.5 Å². The molecule has 0 saturated carbocycles. The number of hydrogen-bond donors (Lipinski definition) is 1. The molecule has 0 bridgehead atoms. The minimum Gasteiger partial charge on any atom is -0.360 e. The van der Waals surface area contributed by atoms with E-state index in [1.165, 1.54) is 6.07 Å². The largest absolute Gasteiger partial charge is 0.417 e. The first-order valence-electron chi connectivity index (χ1n) is 7.80. The Bertz CT molecular complexity index is 895. The molecule has 0 unspecified atom stereocenters. The normalized spacial score (nSPS) is 11.9. The van der Waals surface area contributed by atoms with Crippen LogP contribution in [0.2, 0.25) is 0 Å². The SMILES string of the molecule is Cc1cc(NC(=O)CSc2nc(C(C)(C)C)cc(C(F)(F)F)c2C#N)no1. The lowest BCUT2D eigenvalue weighted by molar-refractivity contribution is -0.138. The Labute approximate surface area is 158 Å². The number of thioether (sulfide) groups is 1. The Morgan fingerprint density at radius 1 is 1.33 bits per heavy atom. The van der Waals surface area contributed by atoms with Gasteiger partial charge in [-0.1, -0.05) is 37.7 Å². The summed E-state index contributed by atoms with van der Waals surface area (Å²) in [7, 11) is 0. The van der Waals surface area contributed by atoms with Crippen molar-refractivity contribution in [2.45, 2.75) is 44.3 Å². The number of anilines is 1. The van der Waals surface area contributed by atoms with Gasteiger partial charge in [0.15, 0.2) is 5.82 Å². The van der Waals surface area contributed by atoms with Crippen molar-refractivity contribution in [3.05, 3.63) is 34.7 Å². The Balaban J connectivity index is 2.31. The fourth-order valence-electron chi connectivity index (χ4n) is 2.08. The maximum Gasteiger partial charge on any atom is 0.417 e. The average molecular weight is 398 g/mol. The van der Waals surface area contributed by atoms with Gasteiger partial charge in [-0.3, -0.25) is 4.79 Å². The predicted molar refractivity (Wildman–Crippen MR) is 93.2 cm³/mol. The van der Waals surface area contributed by atoms with Crippen molar-refractivity contribution < 1.29 is 22.5 Å². The lowest BCUT2D eigenvalue weighted by atomic mass is 9.90. The summed E-state index contributed by atoms with van der Waals surface area (Å²) in [6.07, 6.45) is -4.70. The first-order chi connectivity index (χ1) is 12.4. The smallest absolute Gasteiger partial charge is 0.360 e. The van der Waals surface area contributed by atoms with Crippen LogP contribution in [0.5, 0.6) is 0 Å². The number of amides is 1. The Morgan fingerprint density at radius 3 is 2.48 bits per heavy atom.